The molecule has 1 aliphatic rings. The zero-order chi connectivity index (χ0) is 14.5. The predicted octanol–water partition coefficient (Wildman–Crippen LogP) is 3.04. The highest BCUT2D eigenvalue weighted by atomic mass is 16.4. The van der Waals surface area contributed by atoms with Gasteiger partial charge in [-0.15, -0.1) is 0 Å². The summed E-state index contributed by atoms with van der Waals surface area (Å²) in [7, 11) is 0. The van der Waals surface area contributed by atoms with Gasteiger partial charge in [0.2, 0.25) is 0 Å². The second-order valence-electron chi connectivity index (χ2n) is 5.38. The number of rotatable bonds is 3. The molecule has 1 heterocycles. The summed E-state index contributed by atoms with van der Waals surface area (Å²) in [6.45, 7) is 3.81. The molecule has 4 heteroatoms. The number of hydrogen-bond acceptors (Lipinski definition) is 2. The van der Waals surface area contributed by atoms with Crippen molar-refractivity contribution in [1.29, 1.82) is 0 Å². The van der Waals surface area contributed by atoms with Crippen molar-refractivity contribution < 1.29 is 14.7 Å². The molecule has 0 aromatic heterocycles. The van der Waals surface area contributed by atoms with Gasteiger partial charge in [0.15, 0.2) is 0 Å². The predicted molar refractivity (Wildman–Crippen MR) is 76.9 cm³/mol. The van der Waals surface area contributed by atoms with Crippen molar-refractivity contribution in [3.8, 4) is 0 Å². The number of amides is 1. The van der Waals surface area contributed by atoms with Gasteiger partial charge < -0.3 is 10.0 Å². The Bertz CT molecular complexity index is 481. The Morgan fingerprint density at radius 2 is 1.80 bits per heavy atom. The molecule has 1 N–H and O–H groups in total. The minimum atomic E-state index is -0.968. The van der Waals surface area contributed by atoms with Crippen molar-refractivity contribution in [2.24, 2.45) is 5.92 Å². The maximum Gasteiger partial charge on any atom is 0.335 e. The number of hydrogen-bond donors (Lipinski definition) is 1. The first kappa shape index (κ1) is 14.6. The van der Waals surface area contributed by atoms with Gasteiger partial charge in [0.1, 0.15) is 0 Å². The zero-order valence-corrected chi connectivity index (χ0v) is 11.8. The zero-order valence-electron chi connectivity index (χ0n) is 11.8. The van der Waals surface area contributed by atoms with E-state index in [0.29, 0.717) is 5.56 Å². The third-order valence-electron chi connectivity index (χ3n) is 4.09. The fraction of sp³-hybridized carbons (Fsp3) is 0.500. The van der Waals surface area contributed by atoms with Gasteiger partial charge in [0, 0.05) is 18.7 Å². The highest BCUT2D eigenvalue weighted by Gasteiger charge is 2.20. The van der Waals surface area contributed by atoms with Crippen LogP contribution in [-0.4, -0.2) is 35.0 Å². The van der Waals surface area contributed by atoms with E-state index >= 15 is 0 Å². The van der Waals surface area contributed by atoms with E-state index in [9.17, 15) is 9.59 Å². The monoisotopic (exact) mass is 275 g/mol. The van der Waals surface area contributed by atoms with Crippen molar-refractivity contribution in [1.82, 2.24) is 4.90 Å². The molecule has 0 radical (unpaired) electrons. The fourth-order valence-corrected chi connectivity index (χ4v) is 2.71. The summed E-state index contributed by atoms with van der Waals surface area (Å²) >= 11 is 0. The number of carboxylic acid groups (broad SMARTS) is 1. The van der Waals surface area contributed by atoms with Crippen molar-refractivity contribution in [3.63, 3.8) is 0 Å². The smallest absolute Gasteiger partial charge is 0.335 e. The third kappa shape index (κ3) is 3.38. The van der Waals surface area contributed by atoms with Crippen LogP contribution < -0.4 is 0 Å². The largest absolute Gasteiger partial charge is 0.478 e. The Hall–Kier alpha value is -1.84. The first-order chi connectivity index (χ1) is 9.61. The van der Waals surface area contributed by atoms with Crippen LogP contribution in [0.15, 0.2) is 24.3 Å². The van der Waals surface area contributed by atoms with Crippen LogP contribution in [-0.2, 0) is 0 Å². The highest BCUT2D eigenvalue weighted by Crippen LogP contribution is 2.21. The van der Waals surface area contributed by atoms with Crippen LogP contribution in [0, 0.1) is 5.92 Å². The van der Waals surface area contributed by atoms with E-state index < -0.39 is 5.97 Å². The third-order valence-corrected chi connectivity index (χ3v) is 4.09. The number of carbonyl (C=O) groups is 2. The minimum Gasteiger partial charge on any atom is -0.478 e. The molecule has 1 aliphatic heterocycles. The van der Waals surface area contributed by atoms with E-state index in [1.807, 2.05) is 4.90 Å². The lowest BCUT2D eigenvalue weighted by molar-refractivity contribution is 0.0694. The number of carboxylic acids is 1. The fourth-order valence-electron chi connectivity index (χ4n) is 2.71. The van der Waals surface area contributed by atoms with Gasteiger partial charge in [-0.2, -0.15) is 0 Å². The van der Waals surface area contributed by atoms with E-state index in [-0.39, 0.29) is 11.5 Å². The molecule has 4 nitrogen and oxygen atoms in total. The Balaban J connectivity index is 2.05. The van der Waals surface area contributed by atoms with Gasteiger partial charge in [-0.3, -0.25) is 4.79 Å². The molecule has 0 aliphatic carbocycles. The van der Waals surface area contributed by atoms with E-state index in [1.165, 1.54) is 25.0 Å². The maximum absolute atomic E-state index is 12.4. The average molecular weight is 275 g/mol. The van der Waals surface area contributed by atoms with E-state index in [1.54, 1.807) is 12.1 Å². The van der Waals surface area contributed by atoms with Crippen LogP contribution in [0.25, 0.3) is 0 Å². The Morgan fingerprint density at radius 1 is 1.15 bits per heavy atom. The highest BCUT2D eigenvalue weighted by molar-refractivity contribution is 5.95. The van der Waals surface area contributed by atoms with Gasteiger partial charge in [0.05, 0.1) is 5.56 Å². The molecule has 0 bridgehead atoms. The normalized spacial score (nSPS) is 19.4. The number of carbonyl (C=O) groups excluding carboxylic acids is 1. The molecule has 0 saturated carbocycles. The quantitative estimate of drug-likeness (QED) is 0.922. The molecular weight excluding hydrogens is 254 g/mol. The lowest BCUT2D eigenvalue weighted by Crippen LogP contribution is -2.32. The summed E-state index contributed by atoms with van der Waals surface area (Å²) in [5.74, 6) is -0.231. The van der Waals surface area contributed by atoms with Crippen LogP contribution in [0.5, 0.6) is 0 Å². The van der Waals surface area contributed by atoms with Gasteiger partial charge in [-0.05, 0) is 49.4 Å². The van der Waals surface area contributed by atoms with Crippen LogP contribution in [0.1, 0.15) is 53.3 Å². The van der Waals surface area contributed by atoms with Crippen molar-refractivity contribution >= 4 is 11.9 Å². The first-order valence-corrected chi connectivity index (χ1v) is 7.24. The lowest BCUT2D eigenvalue weighted by atomic mass is 9.98. The van der Waals surface area contributed by atoms with Gasteiger partial charge in [-0.1, -0.05) is 13.3 Å². The Kier molecular flexibility index (Phi) is 4.77. The number of nitrogens with zero attached hydrogens (tertiary/aromatic N) is 1. The van der Waals surface area contributed by atoms with Crippen molar-refractivity contribution in [2.45, 2.75) is 32.6 Å². The molecule has 1 saturated heterocycles. The van der Waals surface area contributed by atoms with Crippen LogP contribution >= 0.6 is 0 Å². The van der Waals surface area contributed by atoms with Crippen LogP contribution in [0.2, 0.25) is 0 Å². The summed E-state index contributed by atoms with van der Waals surface area (Å²) in [4.78, 5) is 25.1. The molecule has 1 atom stereocenters. The average Bonchev–Trinajstić information content (AvgIpc) is 2.72. The standard InChI is InChI=1S/C16H21NO3/c1-2-12-4-3-10-17(11-9-12)15(18)13-5-7-14(8-6-13)16(19)20/h5-8,12H,2-4,9-11H2,1H3,(H,19,20). The minimum absolute atomic E-state index is 0.0127. The number of benzene rings is 1. The van der Waals surface area contributed by atoms with Gasteiger partial charge >= 0.3 is 5.97 Å². The SMILES string of the molecule is CCC1CCCN(C(=O)c2ccc(C(=O)O)cc2)CC1. The summed E-state index contributed by atoms with van der Waals surface area (Å²) < 4.78 is 0. The molecule has 0 spiro atoms. The molecule has 1 aromatic rings. The summed E-state index contributed by atoms with van der Waals surface area (Å²) in [5, 5.41) is 8.86. The lowest BCUT2D eigenvalue weighted by Gasteiger charge is -2.20. The van der Waals surface area contributed by atoms with Crippen LogP contribution in [0.4, 0.5) is 0 Å². The van der Waals surface area contributed by atoms with Crippen LogP contribution in [0.3, 0.4) is 0 Å². The maximum atomic E-state index is 12.4. The second-order valence-corrected chi connectivity index (χ2v) is 5.38. The van der Waals surface area contributed by atoms with Gasteiger partial charge in [0.25, 0.3) is 5.91 Å². The van der Waals surface area contributed by atoms with Gasteiger partial charge in [-0.25, -0.2) is 4.79 Å². The van der Waals surface area contributed by atoms with E-state index in [4.69, 9.17) is 5.11 Å². The Morgan fingerprint density at radius 3 is 2.40 bits per heavy atom. The molecule has 1 amide bonds. The number of aromatic carboxylic acids is 1. The molecule has 1 fully saturated rings. The number of likely N-dealkylation sites (tertiary alicyclic amines) is 1. The van der Waals surface area contributed by atoms with E-state index in [2.05, 4.69) is 6.92 Å². The summed E-state index contributed by atoms with van der Waals surface area (Å²) in [5.41, 5.74) is 0.786. The van der Waals surface area contributed by atoms with Crippen molar-refractivity contribution in [2.75, 3.05) is 13.1 Å². The molecule has 1 aromatic carbocycles. The summed E-state index contributed by atoms with van der Waals surface area (Å²) in [6.07, 6.45) is 4.49. The molecule has 20 heavy (non-hydrogen) atoms. The second kappa shape index (κ2) is 6.55. The topological polar surface area (TPSA) is 57.6 Å². The first-order valence-electron chi connectivity index (χ1n) is 7.24. The molecule has 1 unspecified atom stereocenters. The molecule has 2 rings (SSSR count). The van der Waals surface area contributed by atoms with Crippen molar-refractivity contribution in [3.05, 3.63) is 35.4 Å². The van der Waals surface area contributed by atoms with E-state index in [0.717, 1.165) is 31.8 Å². The molecular formula is C16H21NO3. The Labute approximate surface area is 119 Å². The molecule has 108 valence electrons. The summed E-state index contributed by atoms with van der Waals surface area (Å²) in [6, 6.07) is 6.19.